The Morgan fingerprint density at radius 2 is 2.17 bits per heavy atom. The number of aromatic nitrogens is 2. The van der Waals surface area contributed by atoms with Gasteiger partial charge < -0.3 is 9.67 Å². The highest BCUT2D eigenvalue weighted by molar-refractivity contribution is 7.12. The van der Waals surface area contributed by atoms with Crippen molar-refractivity contribution in [2.75, 3.05) is 0 Å². The number of rotatable bonds is 7. The lowest BCUT2D eigenvalue weighted by Crippen LogP contribution is -2.31. The Hall–Kier alpha value is -1.59. The van der Waals surface area contributed by atoms with Crippen LogP contribution in [0.15, 0.2) is 30.5 Å². The Morgan fingerprint density at radius 1 is 1.42 bits per heavy atom. The number of imidazole rings is 1. The largest absolute Gasteiger partial charge is 0.481 e. The molecule has 2 aromatic heterocycles. The summed E-state index contributed by atoms with van der Waals surface area (Å²) >= 11 is 7.65. The average Bonchev–Trinajstić information content (AvgIpc) is 3.25. The molecule has 0 saturated heterocycles. The van der Waals surface area contributed by atoms with Crippen molar-refractivity contribution in [2.24, 2.45) is 0 Å². The van der Waals surface area contributed by atoms with Crippen LogP contribution in [0.2, 0.25) is 5.15 Å². The minimum atomic E-state index is -0.777. The molecule has 2 aromatic rings. The van der Waals surface area contributed by atoms with Crippen molar-refractivity contribution in [3.8, 4) is 0 Å². The van der Waals surface area contributed by atoms with E-state index in [1.165, 1.54) is 0 Å². The highest BCUT2D eigenvalue weighted by atomic mass is 35.5. The van der Waals surface area contributed by atoms with Crippen molar-refractivity contribution in [3.63, 3.8) is 0 Å². The maximum atomic E-state index is 11.8. The monoisotopic (exact) mass is 364 g/mol. The van der Waals surface area contributed by atoms with E-state index in [2.05, 4.69) is 16.5 Å². The molecule has 0 bridgehead atoms. The van der Waals surface area contributed by atoms with Crippen LogP contribution in [0.25, 0.3) is 0 Å². The van der Waals surface area contributed by atoms with Gasteiger partial charge in [0.05, 0.1) is 6.54 Å². The molecular formula is C18H21ClN2O2S. The fourth-order valence-corrected chi connectivity index (χ4v) is 4.54. The highest BCUT2D eigenvalue weighted by Crippen LogP contribution is 2.41. The number of carboxylic acids is 1. The summed E-state index contributed by atoms with van der Waals surface area (Å²) in [5.41, 5.74) is -0.777. The van der Waals surface area contributed by atoms with Gasteiger partial charge in [0.1, 0.15) is 16.4 Å². The van der Waals surface area contributed by atoms with E-state index < -0.39 is 11.4 Å². The van der Waals surface area contributed by atoms with E-state index in [0.717, 1.165) is 34.8 Å². The van der Waals surface area contributed by atoms with Crippen LogP contribution in [-0.2, 0) is 23.2 Å². The van der Waals surface area contributed by atoms with E-state index in [9.17, 15) is 9.90 Å². The van der Waals surface area contributed by atoms with Gasteiger partial charge in [-0.25, -0.2) is 4.98 Å². The number of hydrogen-bond acceptors (Lipinski definition) is 3. The minimum absolute atomic E-state index is 0.514. The molecule has 0 amide bonds. The summed E-state index contributed by atoms with van der Waals surface area (Å²) in [5, 5.41) is 10.2. The summed E-state index contributed by atoms with van der Waals surface area (Å²) in [6, 6.07) is 3.99. The van der Waals surface area contributed by atoms with Crippen molar-refractivity contribution in [3.05, 3.63) is 51.2 Å². The standard InChI is InChI=1S/C18H21ClN2O2S/c1-2-3-6-16-20-15(19)12-21(16)11-13-7-8-14(24-13)18(17(22)23)9-4-5-10-18/h4-5,7-8,12H,2-3,6,9-11H2,1H3,(H,22,23). The molecular weight excluding hydrogens is 344 g/mol. The second kappa shape index (κ2) is 7.11. The third kappa shape index (κ3) is 3.28. The van der Waals surface area contributed by atoms with Gasteiger partial charge in [0.2, 0.25) is 0 Å². The van der Waals surface area contributed by atoms with E-state index in [1.807, 2.05) is 30.5 Å². The maximum Gasteiger partial charge on any atom is 0.315 e. The molecule has 2 heterocycles. The minimum Gasteiger partial charge on any atom is -0.481 e. The Morgan fingerprint density at radius 3 is 2.83 bits per heavy atom. The predicted molar refractivity (Wildman–Crippen MR) is 97.0 cm³/mol. The van der Waals surface area contributed by atoms with Gasteiger partial charge in [-0.2, -0.15) is 0 Å². The Balaban J connectivity index is 1.81. The van der Waals surface area contributed by atoms with Gasteiger partial charge >= 0.3 is 5.97 Å². The molecule has 1 N–H and O–H groups in total. The van der Waals surface area contributed by atoms with Crippen LogP contribution < -0.4 is 0 Å². The predicted octanol–water partition coefficient (Wildman–Crippen LogP) is 4.66. The Labute approximate surface area is 150 Å². The number of aliphatic carboxylic acids is 1. The van der Waals surface area contributed by atoms with Crippen LogP contribution in [0.5, 0.6) is 0 Å². The Kier molecular flexibility index (Phi) is 5.11. The van der Waals surface area contributed by atoms with Gasteiger partial charge in [-0.3, -0.25) is 4.79 Å². The summed E-state index contributed by atoms with van der Waals surface area (Å²) in [6.07, 6.45) is 10.0. The molecule has 4 nitrogen and oxygen atoms in total. The first-order valence-electron chi connectivity index (χ1n) is 8.24. The number of aryl methyl sites for hydroxylation is 1. The summed E-state index contributed by atoms with van der Waals surface area (Å²) in [6.45, 7) is 2.84. The smallest absolute Gasteiger partial charge is 0.315 e. The number of carboxylic acid groups (broad SMARTS) is 1. The van der Waals surface area contributed by atoms with Gasteiger partial charge in [-0.15, -0.1) is 11.3 Å². The normalized spacial score (nSPS) is 15.9. The first-order chi connectivity index (χ1) is 11.5. The SMILES string of the molecule is CCCCc1nc(Cl)cn1Cc1ccc(C2(C(=O)O)CC=CC2)s1. The number of halogens is 1. The molecule has 0 unspecified atom stereocenters. The lowest BCUT2D eigenvalue weighted by molar-refractivity contribution is -0.143. The first-order valence-corrected chi connectivity index (χ1v) is 9.44. The zero-order valence-electron chi connectivity index (χ0n) is 13.7. The number of carbonyl (C=O) groups is 1. The van der Waals surface area contributed by atoms with Crippen molar-refractivity contribution in [2.45, 2.75) is 51.0 Å². The number of unbranched alkanes of at least 4 members (excludes halogenated alkanes) is 1. The molecule has 0 fully saturated rings. The zero-order valence-corrected chi connectivity index (χ0v) is 15.2. The molecule has 3 rings (SSSR count). The van der Waals surface area contributed by atoms with Crippen molar-refractivity contribution >= 4 is 28.9 Å². The van der Waals surface area contributed by atoms with Crippen molar-refractivity contribution in [1.29, 1.82) is 0 Å². The van der Waals surface area contributed by atoms with Gasteiger partial charge in [0.15, 0.2) is 0 Å². The van der Waals surface area contributed by atoms with E-state index in [1.54, 1.807) is 11.3 Å². The van der Waals surface area contributed by atoms with Crippen LogP contribution in [0.4, 0.5) is 0 Å². The molecule has 0 radical (unpaired) electrons. The van der Waals surface area contributed by atoms with Gasteiger partial charge in [0, 0.05) is 22.4 Å². The molecule has 24 heavy (non-hydrogen) atoms. The van der Waals surface area contributed by atoms with Crippen LogP contribution in [0.3, 0.4) is 0 Å². The van der Waals surface area contributed by atoms with E-state index in [0.29, 0.717) is 24.5 Å². The van der Waals surface area contributed by atoms with Crippen LogP contribution >= 0.6 is 22.9 Å². The second-order valence-corrected chi connectivity index (χ2v) is 7.80. The average molecular weight is 365 g/mol. The lowest BCUT2D eigenvalue weighted by Gasteiger charge is -2.22. The number of thiophene rings is 1. The lowest BCUT2D eigenvalue weighted by atomic mass is 9.84. The molecule has 0 saturated carbocycles. The topological polar surface area (TPSA) is 55.1 Å². The fourth-order valence-electron chi connectivity index (χ4n) is 3.11. The van der Waals surface area contributed by atoms with Crippen molar-refractivity contribution < 1.29 is 9.90 Å². The molecule has 128 valence electrons. The number of nitrogens with zero attached hydrogens (tertiary/aromatic N) is 2. The van der Waals surface area contributed by atoms with Crippen LogP contribution in [-0.4, -0.2) is 20.6 Å². The summed E-state index contributed by atoms with van der Waals surface area (Å²) in [5.74, 6) is 0.252. The quantitative estimate of drug-likeness (QED) is 0.727. The molecule has 1 aliphatic rings. The van der Waals surface area contributed by atoms with Gasteiger partial charge in [-0.1, -0.05) is 37.1 Å². The van der Waals surface area contributed by atoms with E-state index in [-0.39, 0.29) is 0 Å². The number of allylic oxidation sites excluding steroid dienone is 2. The third-order valence-electron chi connectivity index (χ3n) is 4.55. The molecule has 6 heteroatoms. The van der Waals surface area contributed by atoms with Gasteiger partial charge in [-0.05, 0) is 31.4 Å². The molecule has 0 aromatic carbocycles. The maximum absolute atomic E-state index is 11.8. The van der Waals surface area contributed by atoms with Gasteiger partial charge in [0.25, 0.3) is 0 Å². The third-order valence-corrected chi connectivity index (χ3v) is 6.01. The number of hydrogen-bond donors (Lipinski definition) is 1. The van der Waals surface area contributed by atoms with Crippen LogP contribution in [0, 0.1) is 0 Å². The summed E-state index contributed by atoms with van der Waals surface area (Å²) < 4.78 is 2.08. The fraction of sp³-hybridized carbons (Fsp3) is 0.444. The second-order valence-electron chi connectivity index (χ2n) is 6.24. The molecule has 1 aliphatic carbocycles. The zero-order chi connectivity index (χ0) is 17.2. The highest BCUT2D eigenvalue weighted by Gasteiger charge is 2.42. The Bertz CT molecular complexity index is 755. The van der Waals surface area contributed by atoms with E-state index in [4.69, 9.17) is 11.6 Å². The molecule has 0 spiro atoms. The summed E-state index contributed by atoms with van der Waals surface area (Å²) in [4.78, 5) is 18.3. The summed E-state index contributed by atoms with van der Waals surface area (Å²) in [7, 11) is 0. The van der Waals surface area contributed by atoms with Crippen LogP contribution in [0.1, 0.15) is 48.2 Å². The molecule has 0 atom stereocenters. The van der Waals surface area contributed by atoms with Crippen molar-refractivity contribution in [1.82, 2.24) is 9.55 Å². The first kappa shape index (κ1) is 17.2. The van der Waals surface area contributed by atoms with E-state index >= 15 is 0 Å². The molecule has 0 aliphatic heterocycles.